The average Bonchev–Trinajstić information content (AvgIpc) is 1.85. The van der Waals surface area contributed by atoms with Gasteiger partial charge in [-0.05, 0) is 6.42 Å². The minimum Gasteiger partial charge on any atom is -0.478 e. The summed E-state index contributed by atoms with van der Waals surface area (Å²) in [7, 11) is -1.10. The quantitative estimate of drug-likeness (QED) is 0.620. The van der Waals surface area contributed by atoms with Crippen LogP contribution in [0.1, 0.15) is 13.3 Å². The molecule has 10 heavy (non-hydrogen) atoms. The summed E-state index contributed by atoms with van der Waals surface area (Å²) in [5.41, 5.74) is 0. The van der Waals surface area contributed by atoms with Crippen molar-refractivity contribution in [1.29, 1.82) is 0 Å². The first-order valence-electron chi connectivity index (χ1n) is 2.95. The topological polar surface area (TPSA) is 54.4 Å². The lowest BCUT2D eigenvalue weighted by molar-refractivity contribution is -0.131. The van der Waals surface area contributed by atoms with E-state index in [0.717, 1.165) is 12.5 Å². The molecule has 0 aromatic heterocycles. The maximum Gasteiger partial charge on any atom is 0.328 e. The summed E-state index contributed by atoms with van der Waals surface area (Å²) in [5.74, 6) is -0.520. The molecule has 0 heterocycles. The molecule has 58 valence electrons. The lowest BCUT2D eigenvalue weighted by Gasteiger charge is -1.87. The zero-order valence-corrected chi connectivity index (χ0v) is 6.56. The first kappa shape index (κ1) is 9.36. The van der Waals surface area contributed by atoms with E-state index in [1.807, 2.05) is 6.92 Å². The third kappa shape index (κ3) is 5.50. The predicted octanol–water partition coefficient (Wildman–Crippen LogP) is 0.743. The molecule has 3 nitrogen and oxygen atoms in total. The molecule has 0 fully saturated rings. The van der Waals surface area contributed by atoms with E-state index in [1.165, 1.54) is 5.41 Å². The van der Waals surface area contributed by atoms with Crippen molar-refractivity contribution in [2.24, 2.45) is 0 Å². The number of hydrogen-bond acceptors (Lipinski definition) is 2. The largest absolute Gasteiger partial charge is 0.478 e. The second-order valence-corrected chi connectivity index (χ2v) is 3.17. The van der Waals surface area contributed by atoms with Gasteiger partial charge >= 0.3 is 5.97 Å². The van der Waals surface area contributed by atoms with Crippen LogP contribution in [0.15, 0.2) is 11.5 Å². The van der Waals surface area contributed by atoms with Crippen molar-refractivity contribution in [1.82, 2.24) is 0 Å². The molecule has 1 N–H and O–H groups in total. The Balaban J connectivity index is 3.67. The molecule has 0 bridgehead atoms. The van der Waals surface area contributed by atoms with Gasteiger partial charge in [0.25, 0.3) is 0 Å². The Kier molecular flexibility index (Phi) is 4.84. The van der Waals surface area contributed by atoms with E-state index >= 15 is 0 Å². The van der Waals surface area contributed by atoms with Gasteiger partial charge in [-0.15, -0.1) is 0 Å². The van der Waals surface area contributed by atoms with Crippen molar-refractivity contribution in [3.8, 4) is 0 Å². The van der Waals surface area contributed by atoms with Crippen LogP contribution < -0.4 is 0 Å². The lowest BCUT2D eigenvalue weighted by Crippen LogP contribution is -1.93. The monoisotopic (exact) mass is 162 g/mol. The molecule has 0 aromatic carbocycles. The second-order valence-electron chi connectivity index (χ2n) is 1.73. The molecule has 0 saturated heterocycles. The number of aliphatic carboxylic acids is 1. The van der Waals surface area contributed by atoms with Crippen molar-refractivity contribution in [3.05, 3.63) is 11.5 Å². The van der Waals surface area contributed by atoms with Crippen molar-refractivity contribution >= 4 is 16.8 Å². The second kappa shape index (κ2) is 5.17. The molecule has 0 rings (SSSR count). The third-order valence-electron chi connectivity index (χ3n) is 0.768. The van der Waals surface area contributed by atoms with E-state index in [9.17, 15) is 9.00 Å². The van der Waals surface area contributed by atoms with Gasteiger partial charge < -0.3 is 5.11 Å². The molecular formula is C6H10O3S. The molecule has 1 unspecified atom stereocenters. The number of carboxylic acid groups (broad SMARTS) is 1. The maximum absolute atomic E-state index is 10.7. The zero-order valence-electron chi connectivity index (χ0n) is 5.74. The molecule has 0 amide bonds. The van der Waals surface area contributed by atoms with Crippen LogP contribution in [-0.2, 0) is 15.6 Å². The van der Waals surface area contributed by atoms with Crippen LogP contribution in [-0.4, -0.2) is 21.0 Å². The summed E-state index contributed by atoms with van der Waals surface area (Å²) >= 11 is 0. The Morgan fingerprint density at radius 3 is 2.70 bits per heavy atom. The Bertz CT molecular complexity index is 162. The van der Waals surface area contributed by atoms with Crippen molar-refractivity contribution in [2.75, 3.05) is 5.75 Å². The van der Waals surface area contributed by atoms with E-state index in [1.54, 1.807) is 0 Å². The Morgan fingerprint density at radius 2 is 2.30 bits per heavy atom. The predicted molar refractivity (Wildman–Crippen MR) is 40.1 cm³/mol. The normalized spacial score (nSPS) is 13.7. The molecule has 4 heteroatoms. The average molecular weight is 162 g/mol. The van der Waals surface area contributed by atoms with Gasteiger partial charge in [-0.25, -0.2) is 4.79 Å². The van der Waals surface area contributed by atoms with Crippen LogP contribution in [0, 0.1) is 0 Å². The number of hydrogen-bond donors (Lipinski definition) is 1. The SMILES string of the molecule is CCCS(=O)C=CC(=O)O. The summed E-state index contributed by atoms with van der Waals surface area (Å²) < 4.78 is 10.7. The maximum atomic E-state index is 10.7. The van der Waals surface area contributed by atoms with Gasteiger partial charge in [0, 0.05) is 28.0 Å². The van der Waals surface area contributed by atoms with Crippen molar-refractivity contribution < 1.29 is 14.1 Å². The highest BCUT2D eigenvalue weighted by Crippen LogP contribution is 1.88. The molecule has 0 aliphatic rings. The number of carbonyl (C=O) groups is 1. The Labute approximate surface area is 62.2 Å². The van der Waals surface area contributed by atoms with Crippen LogP contribution in [0.5, 0.6) is 0 Å². The number of rotatable bonds is 4. The summed E-state index contributed by atoms with van der Waals surface area (Å²) in [6.45, 7) is 1.90. The molecule has 0 aliphatic carbocycles. The van der Waals surface area contributed by atoms with Crippen LogP contribution >= 0.6 is 0 Å². The third-order valence-corrected chi connectivity index (χ3v) is 2.02. The van der Waals surface area contributed by atoms with Gasteiger partial charge in [-0.1, -0.05) is 6.92 Å². The minimum absolute atomic E-state index is 0.532. The Hall–Kier alpha value is -0.640. The molecule has 0 radical (unpaired) electrons. The lowest BCUT2D eigenvalue weighted by atomic mass is 10.6. The summed E-state index contributed by atoms with van der Waals surface area (Å²) in [4.78, 5) is 9.89. The fraction of sp³-hybridized carbons (Fsp3) is 0.500. The molecule has 1 atom stereocenters. The fourth-order valence-electron chi connectivity index (χ4n) is 0.403. The summed E-state index contributed by atoms with van der Waals surface area (Å²) in [5, 5.41) is 9.31. The van der Waals surface area contributed by atoms with Crippen molar-refractivity contribution in [2.45, 2.75) is 13.3 Å². The highest BCUT2D eigenvalue weighted by Gasteiger charge is 1.91. The van der Waals surface area contributed by atoms with E-state index in [-0.39, 0.29) is 0 Å². The Morgan fingerprint density at radius 1 is 1.70 bits per heavy atom. The van der Waals surface area contributed by atoms with E-state index in [0.29, 0.717) is 5.75 Å². The van der Waals surface area contributed by atoms with E-state index in [4.69, 9.17) is 5.11 Å². The smallest absolute Gasteiger partial charge is 0.328 e. The van der Waals surface area contributed by atoms with Crippen LogP contribution in [0.4, 0.5) is 0 Å². The first-order chi connectivity index (χ1) is 4.66. The van der Waals surface area contributed by atoms with Crippen LogP contribution in [0.2, 0.25) is 0 Å². The van der Waals surface area contributed by atoms with Crippen molar-refractivity contribution in [3.63, 3.8) is 0 Å². The van der Waals surface area contributed by atoms with Crippen LogP contribution in [0.25, 0.3) is 0 Å². The highest BCUT2D eigenvalue weighted by molar-refractivity contribution is 7.87. The molecule has 0 aromatic rings. The zero-order chi connectivity index (χ0) is 7.98. The van der Waals surface area contributed by atoms with Crippen LogP contribution in [0.3, 0.4) is 0 Å². The van der Waals surface area contributed by atoms with E-state index < -0.39 is 16.8 Å². The number of carboxylic acids is 1. The molecule has 0 saturated carbocycles. The first-order valence-corrected chi connectivity index (χ1v) is 4.33. The molecule has 0 aliphatic heterocycles. The summed E-state index contributed by atoms with van der Waals surface area (Å²) in [6, 6.07) is 0. The fourth-order valence-corrected chi connectivity index (χ4v) is 1.21. The van der Waals surface area contributed by atoms with Gasteiger partial charge in [-0.3, -0.25) is 4.21 Å². The molecular weight excluding hydrogens is 152 g/mol. The van der Waals surface area contributed by atoms with Gasteiger partial charge in [0.2, 0.25) is 0 Å². The van der Waals surface area contributed by atoms with Gasteiger partial charge in [-0.2, -0.15) is 0 Å². The minimum atomic E-state index is -1.10. The van der Waals surface area contributed by atoms with Gasteiger partial charge in [0.15, 0.2) is 0 Å². The summed E-state index contributed by atoms with van der Waals surface area (Å²) in [6.07, 6.45) is 1.71. The molecule has 0 spiro atoms. The standard InChI is InChI=1S/C6H10O3S/c1-2-4-10(9)5-3-6(7)8/h3,5H,2,4H2,1H3,(H,7,8). The highest BCUT2D eigenvalue weighted by atomic mass is 32.2. The van der Waals surface area contributed by atoms with Gasteiger partial charge in [0.1, 0.15) is 0 Å². The van der Waals surface area contributed by atoms with E-state index in [2.05, 4.69) is 0 Å². The van der Waals surface area contributed by atoms with Gasteiger partial charge in [0.05, 0.1) is 0 Å².